The number of hydrazone groups is 1. The predicted molar refractivity (Wildman–Crippen MR) is 73.1 cm³/mol. The molecule has 2 aromatic rings. The molecule has 8 heteroatoms. The van der Waals surface area contributed by atoms with Gasteiger partial charge in [-0.1, -0.05) is 0 Å². The van der Waals surface area contributed by atoms with Crippen LogP contribution >= 0.6 is 0 Å². The fourth-order valence-electron chi connectivity index (χ4n) is 1.41. The van der Waals surface area contributed by atoms with E-state index in [0.29, 0.717) is 17.9 Å². The van der Waals surface area contributed by atoms with Crippen LogP contribution in [0.4, 0.5) is 5.95 Å². The highest BCUT2D eigenvalue weighted by atomic mass is 16.5. The van der Waals surface area contributed by atoms with Gasteiger partial charge < -0.3 is 9.84 Å². The van der Waals surface area contributed by atoms with Crippen molar-refractivity contribution in [3.63, 3.8) is 0 Å². The monoisotopic (exact) mass is 275 g/mol. The van der Waals surface area contributed by atoms with Crippen molar-refractivity contribution in [3.05, 3.63) is 40.3 Å². The lowest BCUT2D eigenvalue weighted by atomic mass is 10.2. The minimum atomic E-state index is -0.374. The molecule has 0 amide bonds. The van der Waals surface area contributed by atoms with Gasteiger partial charge in [0.05, 0.1) is 12.8 Å². The van der Waals surface area contributed by atoms with Crippen molar-refractivity contribution in [1.29, 1.82) is 0 Å². The Hall–Kier alpha value is -2.90. The molecule has 0 saturated carbocycles. The van der Waals surface area contributed by atoms with Gasteiger partial charge in [-0.15, -0.1) is 10.2 Å². The van der Waals surface area contributed by atoms with Crippen LogP contribution in [0.2, 0.25) is 0 Å². The Kier molecular flexibility index (Phi) is 4.28. The maximum Gasteiger partial charge on any atom is 0.271 e. The number of aromatic hydroxyl groups is 1. The minimum absolute atomic E-state index is 0.0650. The second-order valence-electron chi connectivity index (χ2n) is 3.71. The molecule has 0 spiro atoms. The summed E-state index contributed by atoms with van der Waals surface area (Å²) in [5.41, 5.74) is 2.88. The molecule has 2 rings (SSSR count). The van der Waals surface area contributed by atoms with Gasteiger partial charge in [0.2, 0.25) is 5.95 Å². The van der Waals surface area contributed by atoms with Crippen LogP contribution in [0.5, 0.6) is 11.5 Å². The average molecular weight is 275 g/mol. The van der Waals surface area contributed by atoms with Gasteiger partial charge in [0.1, 0.15) is 6.20 Å². The van der Waals surface area contributed by atoms with E-state index in [1.165, 1.54) is 12.3 Å². The van der Waals surface area contributed by atoms with Crippen LogP contribution in [0.1, 0.15) is 12.5 Å². The van der Waals surface area contributed by atoms with Gasteiger partial charge in [-0.25, -0.2) is 5.43 Å². The predicted octanol–water partition coefficient (Wildman–Crippen LogP) is 0.715. The number of aromatic amines is 1. The third-order valence-corrected chi connectivity index (χ3v) is 2.24. The molecule has 0 aliphatic carbocycles. The first-order chi connectivity index (χ1) is 9.69. The van der Waals surface area contributed by atoms with Gasteiger partial charge >= 0.3 is 0 Å². The second kappa shape index (κ2) is 6.32. The Bertz CT molecular complexity index is 668. The molecule has 0 aliphatic heterocycles. The Labute approximate surface area is 114 Å². The topological polar surface area (TPSA) is 112 Å². The molecule has 0 aliphatic rings. The maximum atomic E-state index is 11.0. The normalized spacial score (nSPS) is 10.7. The third kappa shape index (κ3) is 3.55. The molecule has 3 N–H and O–H groups in total. The van der Waals surface area contributed by atoms with Gasteiger partial charge in [-0.2, -0.15) is 5.10 Å². The van der Waals surface area contributed by atoms with Gasteiger partial charge in [0, 0.05) is 0 Å². The first kappa shape index (κ1) is 13.5. The zero-order chi connectivity index (χ0) is 14.4. The van der Waals surface area contributed by atoms with E-state index in [1.807, 2.05) is 6.92 Å². The van der Waals surface area contributed by atoms with E-state index in [4.69, 9.17) is 4.74 Å². The standard InChI is InChI=1S/C12H13N5O3/c1-2-20-10-5-8(3-4-9(10)18)6-13-16-12-15-11(19)7-14-17-12/h3-7,18H,2H2,1H3,(H2,15,16,17,19)/b13-6+. The zero-order valence-electron chi connectivity index (χ0n) is 10.7. The first-order valence-corrected chi connectivity index (χ1v) is 5.86. The van der Waals surface area contributed by atoms with Crippen LogP contribution in [0.15, 0.2) is 34.3 Å². The number of hydrogen-bond acceptors (Lipinski definition) is 7. The van der Waals surface area contributed by atoms with Crippen molar-refractivity contribution in [2.75, 3.05) is 12.0 Å². The molecule has 104 valence electrons. The molecule has 0 unspecified atom stereocenters. The molecule has 0 fully saturated rings. The van der Waals surface area contributed by atoms with Crippen LogP contribution in [0.3, 0.4) is 0 Å². The minimum Gasteiger partial charge on any atom is -0.504 e. The number of hydrogen-bond donors (Lipinski definition) is 3. The van der Waals surface area contributed by atoms with Gasteiger partial charge in [-0.05, 0) is 30.7 Å². The van der Waals surface area contributed by atoms with E-state index in [1.54, 1.807) is 12.1 Å². The van der Waals surface area contributed by atoms with Gasteiger partial charge in [-0.3, -0.25) is 9.78 Å². The van der Waals surface area contributed by atoms with Crippen molar-refractivity contribution >= 4 is 12.2 Å². The fourth-order valence-corrected chi connectivity index (χ4v) is 1.41. The van der Waals surface area contributed by atoms with Crippen molar-refractivity contribution in [2.24, 2.45) is 5.10 Å². The fraction of sp³-hybridized carbons (Fsp3) is 0.167. The van der Waals surface area contributed by atoms with Crippen LogP contribution < -0.4 is 15.7 Å². The number of rotatable bonds is 5. The maximum absolute atomic E-state index is 11.0. The Morgan fingerprint density at radius 1 is 1.55 bits per heavy atom. The molecule has 1 aromatic heterocycles. The van der Waals surface area contributed by atoms with E-state index in [0.717, 1.165) is 6.20 Å². The molecule has 0 radical (unpaired) electrons. The van der Waals surface area contributed by atoms with E-state index >= 15 is 0 Å². The average Bonchev–Trinajstić information content (AvgIpc) is 2.43. The number of nitrogens with one attached hydrogen (secondary N) is 2. The molecule has 8 nitrogen and oxygen atoms in total. The van der Waals surface area contributed by atoms with Crippen LogP contribution in [0, 0.1) is 0 Å². The number of ether oxygens (including phenoxy) is 1. The molecule has 1 aromatic carbocycles. The molecule has 1 heterocycles. The zero-order valence-corrected chi connectivity index (χ0v) is 10.7. The SMILES string of the molecule is CCOc1cc(/C=N/Nc2nncc(=O)[nH]2)ccc1O. The lowest BCUT2D eigenvalue weighted by Crippen LogP contribution is -2.10. The molecular weight excluding hydrogens is 262 g/mol. The summed E-state index contributed by atoms with van der Waals surface area (Å²) in [6, 6.07) is 4.82. The summed E-state index contributed by atoms with van der Waals surface area (Å²) in [6.45, 7) is 2.28. The van der Waals surface area contributed by atoms with Crippen molar-refractivity contribution in [2.45, 2.75) is 6.92 Å². The third-order valence-electron chi connectivity index (χ3n) is 2.24. The molecular formula is C12H13N5O3. The summed E-state index contributed by atoms with van der Waals surface area (Å²) in [5, 5.41) is 20.6. The summed E-state index contributed by atoms with van der Waals surface area (Å²) in [5.74, 6) is 0.581. The highest BCUT2D eigenvalue weighted by molar-refractivity contribution is 5.81. The Morgan fingerprint density at radius 2 is 2.40 bits per heavy atom. The lowest BCUT2D eigenvalue weighted by Gasteiger charge is -2.05. The number of nitrogens with zero attached hydrogens (tertiary/aromatic N) is 3. The molecule has 0 saturated heterocycles. The lowest BCUT2D eigenvalue weighted by molar-refractivity contribution is 0.318. The van der Waals surface area contributed by atoms with E-state index < -0.39 is 0 Å². The van der Waals surface area contributed by atoms with Crippen LogP contribution in [0.25, 0.3) is 0 Å². The summed E-state index contributed by atoms with van der Waals surface area (Å²) in [6.07, 6.45) is 2.55. The highest BCUT2D eigenvalue weighted by Gasteiger charge is 2.02. The summed E-state index contributed by atoms with van der Waals surface area (Å²) in [7, 11) is 0. The highest BCUT2D eigenvalue weighted by Crippen LogP contribution is 2.26. The summed E-state index contributed by atoms with van der Waals surface area (Å²) < 4.78 is 5.26. The Balaban J connectivity index is 2.07. The van der Waals surface area contributed by atoms with Crippen molar-refractivity contribution < 1.29 is 9.84 Å². The smallest absolute Gasteiger partial charge is 0.271 e. The van der Waals surface area contributed by atoms with Crippen LogP contribution in [-0.2, 0) is 0 Å². The largest absolute Gasteiger partial charge is 0.504 e. The van der Waals surface area contributed by atoms with E-state index in [9.17, 15) is 9.90 Å². The quantitative estimate of drug-likeness (QED) is 0.547. The first-order valence-electron chi connectivity index (χ1n) is 5.86. The number of phenolic OH excluding ortho intramolecular Hbond substituents is 1. The van der Waals surface area contributed by atoms with Gasteiger partial charge in [0.15, 0.2) is 11.5 Å². The number of phenols is 1. The van der Waals surface area contributed by atoms with E-state index in [-0.39, 0.29) is 17.3 Å². The van der Waals surface area contributed by atoms with E-state index in [2.05, 4.69) is 25.7 Å². The Morgan fingerprint density at radius 3 is 3.15 bits per heavy atom. The summed E-state index contributed by atoms with van der Waals surface area (Å²) in [4.78, 5) is 13.4. The van der Waals surface area contributed by atoms with Crippen LogP contribution in [-0.4, -0.2) is 33.1 Å². The number of aromatic nitrogens is 3. The van der Waals surface area contributed by atoms with Crippen molar-refractivity contribution in [1.82, 2.24) is 15.2 Å². The second-order valence-corrected chi connectivity index (χ2v) is 3.71. The number of anilines is 1. The number of H-pyrrole nitrogens is 1. The number of benzene rings is 1. The molecule has 0 bridgehead atoms. The summed E-state index contributed by atoms with van der Waals surface area (Å²) >= 11 is 0. The molecule has 0 atom stereocenters. The van der Waals surface area contributed by atoms with Gasteiger partial charge in [0.25, 0.3) is 5.56 Å². The van der Waals surface area contributed by atoms with Crippen molar-refractivity contribution in [3.8, 4) is 11.5 Å². The molecule has 20 heavy (non-hydrogen) atoms.